The molecule has 0 aliphatic carbocycles. The van der Waals surface area contributed by atoms with Gasteiger partial charge in [-0.2, -0.15) is 0 Å². The Hall–Kier alpha value is -1.13. The van der Waals surface area contributed by atoms with Gasteiger partial charge in [-0.3, -0.25) is 0 Å². The molecule has 0 aromatic heterocycles. The molecule has 1 N–H and O–H groups in total. The maximum absolute atomic E-state index is 14.0. The zero-order valence-electron chi connectivity index (χ0n) is 11.7. The monoisotopic (exact) mass is 254 g/mol. The lowest BCUT2D eigenvalue weighted by molar-refractivity contribution is 0.196. The molecule has 0 aliphatic rings. The van der Waals surface area contributed by atoms with Gasteiger partial charge in [0.2, 0.25) is 0 Å². The van der Waals surface area contributed by atoms with Crippen LogP contribution in [-0.2, 0) is 4.74 Å². The molecular formula is C14H23FN2O. The lowest BCUT2D eigenvalue weighted by atomic mass is 10.1. The van der Waals surface area contributed by atoms with Gasteiger partial charge in [0.05, 0.1) is 5.69 Å². The Morgan fingerprint density at radius 3 is 2.72 bits per heavy atom. The maximum atomic E-state index is 14.0. The van der Waals surface area contributed by atoms with E-state index in [2.05, 4.69) is 5.32 Å². The van der Waals surface area contributed by atoms with Crippen LogP contribution in [-0.4, -0.2) is 34.4 Å². The van der Waals surface area contributed by atoms with E-state index >= 15 is 0 Å². The van der Waals surface area contributed by atoms with E-state index in [4.69, 9.17) is 4.74 Å². The van der Waals surface area contributed by atoms with Crippen molar-refractivity contribution in [3.8, 4) is 0 Å². The summed E-state index contributed by atoms with van der Waals surface area (Å²) in [5, 5.41) is 3.10. The minimum Gasteiger partial charge on any atom is -0.385 e. The lowest BCUT2D eigenvalue weighted by Gasteiger charge is -2.21. The summed E-state index contributed by atoms with van der Waals surface area (Å²) < 4.78 is 19.0. The first-order valence-electron chi connectivity index (χ1n) is 6.27. The van der Waals surface area contributed by atoms with Crippen LogP contribution in [0.1, 0.15) is 24.9 Å². The number of benzene rings is 1. The molecule has 0 fully saturated rings. The predicted octanol–water partition coefficient (Wildman–Crippen LogP) is 2.58. The summed E-state index contributed by atoms with van der Waals surface area (Å²) in [4.78, 5) is 1.92. The van der Waals surface area contributed by atoms with E-state index in [9.17, 15) is 4.39 Å². The quantitative estimate of drug-likeness (QED) is 0.757. The van der Waals surface area contributed by atoms with E-state index in [0.717, 1.165) is 18.5 Å². The molecule has 0 saturated heterocycles. The summed E-state index contributed by atoms with van der Waals surface area (Å²) in [6.45, 7) is 3.49. The topological polar surface area (TPSA) is 24.5 Å². The largest absolute Gasteiger partial charge is 0.385 e. The molecule has 0 heterocycles. The Morgan fingerprint density at radius 2 is 2.17 bits per heavy atom. The highest BCUT2D eigenvalue weighted by Gasteiger charge is 2.10. The molecule has 4 heteroatoms. The van der Waals surface area contributed by atoms with Gasteiger partial charge in [0, 0.05) is 33.4 Å². The second kappa shape index (κ2) is 7.34. The predicted molar refractivity (Wildman–Crippen MR) is 73.6 cm³/mol. The first-order valence-corrected chi connectivity index (χ1v) is 6.27. The first-order chi connectivity index (χ1) is 8.60. The van der Waals surface area contributed by atoms with Crippen LogP contribution >= 0.6 is 0 Å². The highest BCUT2D eigenvalue weighted by atomic mass is 19.1. The summed E-state index contributed by atoms with van der Waals surface area (Å²) in [5.74, 6) is -0.172. The lowest BCUT2D eigenvalue weighted by Crippen LogP contribution is -2.21. The fourth-order valence-corrected chi connectivity index (χ4v) is 1.84. The van der Waals surface area contributed by atoms with Gasteiger partial charge >= 0.3 is 0 Å². The molecule has 1 atom stereocenters. The van der Waals surface area contributed by atoms with Gasteiger partial charge in [0.15, 0.2) is 0 Å². The molecule has 0 amide bonds. The highest BCUT2D eigenvalue weighted by Crippen LogP contribution is 2.22. The number of hydrogen-bond donors (Lipinski definition) is 1. The van der Waals surface area contributed by atoms with E-state index in [1.165, 1.54) is 0 Å². The van der Waals surface area contributed by atoms with Gasteiger partial charge < -0.3 is 15.0 Å². The minimum absolute atomic E-state index is 0.160. The molecule has 3 nitrogen and oxygen atoms in total. The third-order valence-corrected chi connectivity index (χ3v) is 3.16. The van der Waals surface area contributed by atoms with Gasteiger partial charge in [-0.15, -0.1) is 0 Å². The van der Waals surface area contributed by atoms with Crippen LogP contribution in [0.5, 0.6) is 0 Å². The third-order valence-electron chi connectivity index (χ3n) is 3.16. The number of anilines is 1. The van der Waals surface area contributed by atoms with Gasteiger partial charge in [-0.25, -0.2) is 4.39 Å². The Labute approximate surface area is 109 Å². The van der Waals surface area contributed by atoms with Crippen molar-refractivity contribution in [2.24, 2.45) is 0 Å². The second-order valence-corrected chi connectivity index (χ2v) is 4.49. The van der Waals surface area contributed by atoms with Gasteiger partial charge in [0.1, 0.15) is 5.82 Å². The second-order valence-electron chi connectivity index (χ2n) is 4.49. The zero-order valence-corrected chi connectivity index (χ0v) is 11.7. The van der Waals surface area contributed by atoms with E-state index in [-0.39, 0.29) is 11.9 Å². The van der Waals surface area contributed by atoms with Crippen LogP contribution in [0.4, 0.5) is 10.1 Å². The number of ether oxygens (including phenoxy) is 1. The van der Waals surface area contributed by atoms with Crippen LogP contribution in [0.15, 0.2) is 18.2 Å². The molecule has 0 bridgehead atoms. The molecule has 1 aromatic carbocycles. The van der Waals surface area contributed by atoms with Crippen molar-refractivity contribution in [2.45, 2.75) is 19.4 Å². The minimum atomic E-state index is -0.172. The molecule has 0 radical (unpaired) electrons. The SMILES string of the molecule is CNC(C)c1ccc(N(C)CCCOC)c(F)c1. The van der Waals surface area contributed by atoms with E-state index in [1.54, 1.807) is 13.2 Å². The highest BCUT2D eigenvalue weighted by molar-refractivity contribution is 5.48. The van der Waals surface area contributed by atoms with E-state index in [0.29, 0.717) is 12.3 Å². The average Bonchev–Trinajstić information content (AvgIpc) is 2.37. The van der Waals surface area contributed by atoms with Gasteiger partial charge in [-0.1, -0.05) is 6.07 Å². The number of rotatable bonds is 7. The van der Waals surface area contributed by atoms with Crippen molar-refractivity contribution in [3.63, 3.8) is 0 Å². The number of methoxy groups -OCH3 is 1. The van der Waals surface area contributed by atoms with Crippen LogP contribution in [0.25, 0.3) is 0 Å². The summed E-state index contributed by atoms with van der Waals surface area (Å²) in [5.41, 5.74) is 1.60. The number of hydrogen-bond acceptors (Lipinski definition) is 3. The normalized spacial score (nSPS) is 12.5. The molecular weight excluding hydrogens is 231 g/mol. The smallest absolute Gasteiger partial charge is 0.146 e. The number of nitrogens with zero attached hydrogens (tertiary/aromatic N) is 1. The third kappa shape index (κ3) is 3.96. The van der Waals surface area contributed by atoms with Crippen molar-refractivity contribution < 1.29 is 9.13 Å². The molecule has 1 aromatic rings. The molecule has 0 saturated carbocycles. The molecule has 1 unspecified atom stereocenters. The van der Waals surface area contributed by atoms with Crippen molar-refractivity contribution >= 4 is 5.69 Å². The van der Waals surface area contributed by atoms with E-state index in [1.807, 2.05) is 38.1 Å². The van der Waals surface area contributed by atoms with Crippen molar-refractivity contribution in [1.29, 1.82) is 0 Å². The van der Waals surface area contributed by atoms with Crippen LogP contribution in [0.2, 0.25) is 0 Å². The summed E-state index contributed by atoms with van der Waals surface area (Å²) in [6, 6.07) is 5.56. The van der Waals surface area contributed by atoms with Crippen molar-refractivity contribution in [3.05, 3.63) is 29.6 Å². The maximum Gasteiger partial charge on any atom is 0.146 e. The van der Waals surface area contributed by atoms with Gasteiger partial charge in [-0.05, 0) is 38.1 Å². The Bertz CT molecular complexity index is 371. The number of nitrogens with one attached hydrogen (secondary N) is 1. The summed E-state index contributed by atoms with van der Waals surface area (Å²) >= 11 is 0. The summed E-state index contributed by atoms with van der Waals surface area (Å²) in [6.07, 6.45) is 0.890. The molecule has 0 aliphatic heterocycles. The number of halogens is 1. The standard InChI is InChI=1S/C14H23FN2O/c1-11(16-2)12-6-7-14(13(15)10-12)17(3)8-5-9-18-4/h6-7,10-11,16H,5,8-9H2,1-4H3. The zero-order chi connectivity index (χ0) is 13.5. The Kier molecular flexibility index (Phi) is 6.09. The fourth-order valence-electron chi connectivity index (χ4n) is 1.84. The Balaban J connectivity index is 2.72. The van der Waals surface area contributed by atoms with Crippen LogP contribution < -0.4 is 10.2 Å². The average molecular weight is 254 g/mol. The molecule has 1 rings (SSSR count). The molecule has 18 heavy (non-hydrogen) atoms. The van der Waals surface area contributed by atoms with Crippen molar-refractivity contribution in [1.82, 2.24) is 5.32 Å². The van der Waals surface area contributed by atoms with Gasteiger partial charge in [0.25, 0.3) is 0 Å². The van der Waals surface area contributed by atoms with Crippen molar-refractivity contribution in [2.75, 3.05) is 39.3 Å². The first kappa shape index (κ1) is 14.9. The fraction of sp³-hybridized carbons (Fsp3) is 0.571. The Morgan fingerprint density at radius 1 is 1.44 bits per heavy atom. The van der Waals surface area contributed by atoms with Crippen LogP contribution in [0.3, 0.4) is 0 Å². The van der Waals surface area contributed by atoms with E-state index < -0.39 is 0 Å². The molecule has 102 valence electrons. The summed E-state index contributed by atoms with van der Waals surface area (Å²) in [7, 11) is 5.44. The van der Waals surface area contributed by atoms with Crippen LogP contribution in [0, 0.1) is 5.82 Å². The molecule has 0 spiro atoms.